The van der Waals surface area contributed by atoms with Crippen molar-refractivity contribution in [1.82, 2.24) is 5.32 Å². The molecule has 0 radical (unpaired) electrons. The van der Waals surface area contributed by atoms with E-state index < -0.39 is 6.09 Å². The fourth-order valence-corrected chi connectivity index (χ4v) is 3.52. The van der Waals surface area contributed by atoms with Crippen LogP contribution in [0, 0.1) is 17.8 Å². The maximum atomic E-state index is 12.1. The Hall–Kier alpha value is -2.50. The Bertz CT molecular complexity index is 639. The molecule has 1 amide bonds. The van der Waals surface area contributed by atoms with Crippen LogP contribution >= 0.6 is 0 Å². The van der Waals surface area contributed by atoms with E-state index in [0.29, 0.717) is 0 Å². The molecule has 2 aliphatic rings. The van der Waals surface area contributed by atoms with E-state index in [1.165, 1.54) is 7.11 Å². The molecule has 3 rings (SSSR count). The highest BCUT2D eigenvalue weighted by Crippen LogP contribution is 2.44. The molecule has 6 nitrogen and oxygen atoms in total. The standard InChI is InChI=1S/C18H21NO5/c1-22-14-7-3-11(4-8-14)10-24-18(21)19-16-13-6-5-12(9-13)15(16)17(20)23-2/h3-8,12-13,15-16H,9-10H2,1-2H3,(H,19,21)/t12-,13+,15+,16-/m1/s1. The third-order valence-electron chi connectivity index (χ3n) is 4.75. The number of carbonyl (C=O) groups excluding carboxylic acids is 2. The van der Waals surface area contributed by atoms with Crippen LogP contribution in [0.3, 0.4) is 0 Å². The minimum absolute atomic E-state index is 0.134. The Morgan fingerprint density at radius 1 is 1.12 bits per heavy atom. The van der Waals surface area contributed by atoms with Crippen LogP contribution in [0.15, 0.2) is 36.4 Å². The van der Waals surface area contributed by atoms with Crippen molar-refractivity contribution >= 4 is 12.1 Å². The highest BCUT2D eigenvalue weighted by atomic mass is 16.5. The van der Waals surface area contributed by atoms with Crippen LogP contribution in [0.2, 0.25) is 0 Å². The van der Waals surface area contributed by atoms with Crippen LogP contribution < -0.4 is 10.1 Å². The molecular formula is C18H21NO5. The summed E-state index contributed by atoms with van der Waals surface area (Å²) < 4.78 is 15.2. The monoisotopic (exact) mass is 331 g/mol. The van der Waals surface area contributed by atoms with Crippen molar-refractivity contribution in [2.75, 3.05) is 14.2 Å². The Morgan fingerprint density at radius 2 is 1.83 bits per heavy atom. The lowest BCUT2D eigenvalue weighted by molar-refractivity contribution is -0.147. The van der Waals surface area contributed by atoms with Crippen molar-refractivity contribution in [1.29, 1.82) is 0 Å². The van der Waals surface area contributed by atoms with Crippen LogP contribution in [0.1, 0.15) is 12.0 Å². The average Bonchev–Trinajstić information content (AvgIpc) is 3.21. The molecule has 4 atom stereocenters. The Balaban J connectivity index is 1.56. The van der Waals surface area contributed by atoms with E-state index in [9.17, 15) is 9.59 Å². The molecule has 2 bridgehead atoms. The first-order chi connectivity index (χ1) is 11.6. The van der Waals surface area contributed by atoms with Gasteiger partial charge in [-0.05, 0) is 36.0 Å². The van der Waals surface area contributed by atoms with E-state index in [1.807, 2.05) is 30.3 Å². The van der Waals surface area contributed by atoms with Gasteiger partial charge in [0.15, 0.2) is 0 Å². The summed E-state index contributed by atoms with van der Waals surface area (Å²) >= 11 is 0. The molecule has 0 saturated heterocycles. The number of ether oxygens (including phenoxy) is 3. The molecular weight excluding hydrogens is 310 g/mol. The van der Waals surface area contributed by atoms with E-state index in [-0.39, 0.29) is 36.4 Å². The van der Waals surface area contributed by atoms with Gasteiger partial charge in [-0.1, -0.05) is 24.3 Å². The van der Waals surface area contributed by atoms with Gasteiger partial charge < -0.3 is 19.5 Å². The number of amides is 1. The third kappa shape index (κ3) is 3.22. The maximum absolute atomic E-state index is 12.1. The number of benzene rings is 1. The first-order valence-electron chi connectivity index (χ1n) is 7.94. The van der Waals surface area contributed by atoms with Crippen molar-refractivity contribution in [3.05, 3.63) is 42.0 Å². The highest BCUT2D eigenvalue weighted by molar-refractivity contribution is 5.77. The van der Waals surface area contributed by atoms with E-state index in [1.54, 1.807) is 7.11 Å². The van der Waals surface area contributed by atoms with E-state index in [4.69, 9.17) is 14.2 Å². The molecule has 24 heavy (non-hydrogen) atoms. The summed E-state index contributed by atoms with van der Waals surface area (Å²) in [4.78, 5) is 24.1. The molecule has 6 heteroatoms. The number of rotatable bonds is 5. The van der Waals surface area contributed by atoms with Crippen LogP contribution in [0.25, 0.3) is 0 Å². The Labute approximate surface area is 140 Å². The van der Waals surface area contributed by atoms with Gasteiger partial charge in [-0.3, -0.25) is 4.79 Å². The first kappa shape index (κ1) is 16.4. The minimum Gasteiger partial charge on any atom is -0.497 e. The van der Waals surface area contributed by atoms with Gasteiger partial charge in [0.05, 0.1) is 26.2 Å². The predicted molar refractivity (Wildman–Crippen MR) is 86.3 cm³/mol. The summed E-state index contributed by atoms with van der Waals surface area (Å²) in [6.45, 7) is 0.162. The molecule has 0 heterocycles. The van der Waals surface area contributed by atoms with Gasteiger partial charge in [-0.15, -0.1) is 0 Å². The Morgan fingerprint density at radius 3 is 2.50 bits per heavy atom. The molecule has 1 N–H and O–H groups in total. The zero-order valence-corrected chi connectivity index (χ0v) is 13.7. The average molecular weight is 331 g/mol. The lowest BCUT2D eigenvalue weighted by Gasteiger charge is -2.26. The fraction of sp³-hybridized carbons (Fsp3) is 0.444. The van der Waals surface area contributed by atoms with Crippen LogP contribution in [-0.2, 0) is 20.9 Å². The maximum Gasteiger partial charge on any atom is 0.407 e. The molecule has 128 valence electrons. The van der Waals surface area contributed by atoms with Crippen LogP contribution in [0.4, 0.5) is 4.79 Å². The summed E-state index contributed by atoms with van der Waals surface area (Å²) in [5.74, 6) is 0.422. The second kappa shape index (κ2) is 6.95. The summed E-state index contributed by atoms with van der Waals surface area (Å²) in [7, 11) is 2.97. The van der Waals surface area contributed by atoms with Crippen molar-refractivity contribution in [3.63, 3.8) is 0 Å². The number of esters is 1. The van der Waals surface area contributed by atoms with Crippen molar-refractivity contribution in [2.45, 2.75) is 19.1 Å². The molecule has 2 aliphatic carbocycles. The van der Waals surface area contributed by atoms with Gasteiger partial charge in [0.2, 0.25) is 0 Å². The molecule has 0 spiro atoms. The molecule has 0 aromatic heterocycles. The number of allylic oxidation sites excluding steroid dienone is 1. The molecule has 1 fully saturated rings. The van der Waals surface area contributed by atoms with Crippen LogP contribution in [0.5, 0.6) is 5.75 Å². The van der Waals surface area contributed by atoms with E-state index in [0.717, 1.165) is 17.7 Å². The van der Waals surface area contributed by atoms with Crippen molar-refractivity contribution < 1.29 is 23.8 Å². The van der Waals surface area contributed by atoms with Crippen molar-refractivity contribution in [2.24, 2.45) is 17.8 Å². The number of carbonyl (C=O) groups is 2. The lowest BCUT2D eigenvalue weighted by atomic mass is 9.89. The Kier molecular flexibility index (Phi) is 4.74. The normalized spacial score (nSPS) is 26.9. The molecule has 1 aromatic rings. The van der Waals surface area contributed by atoms with Crippen molar-refractivity contribution in [3.8, 4) is 5.75 Å². The SMILES string of the molecule is COC(=O)[C@@H]1[C@H](NC(=O)OCc2ccc(OC)cc2)[C@H]2C=C[C@@H]1C2. The smallest absolute Gasteiger partial charge is 0.407 e. The predicted octanol–water partition coefficient (Wildman–Crippen LogP) is 2.29. The van der Waals surface area contributed by atoms with Crippen LogP contribution in [-0.4, -0.2) is 32.3 Å². The molecule has 0 unspecified atom stereocenters. The number of alkyl carbamates (subject to hydrolysis) is 1. The van der Waals surface area contributed by atoms with E-state index >= 15 is 0 Å². The fourth-order valence-electron chi connectivity index (χ4n) is 3.52. The first-order valence-corrected chi connectivity index (χ1v) is 7.94. The number of hydrogen-bond acceptors (Lipinski definition) is 5. The summed E-state index contributed by atoms with van der Waals surface area (Å²) in [6, 6.07) is 7.03. The van der Waals surface area contributed by atoms with Gasteiger partial charge >= 0.3 is 12.1 Å². The summed E-state index contributed by atoms with van der Waals surface area (Å²) in [6.07, 6.45) is 4.43. The zero-order valence-electron chi connectivity index (χ0n) is 13.7. The molecule has 1 aromatic carbocycles. The minimum atomic E-state index is -0.523. The molecule has 0 aliphatic heterocycles. The number of nitrogens with one attached hydrogen (secondary N) is 1. The number of hydrogen-bond donors (Lipinski definition) is 1. The zero-order chi connectivity index (χ0) is 17.1. The van der Waals surface area contributed by atoms with Gasteiger partial charge in [-0.2, -0.15) is 0 Å². The lowest BCUT2D eigenvalue weighted by Crippen LogP contribution is -2.46. The summed E-state index contributed by atoms with van der Waals surface area (Å²) in [5, 5.41) is 2.83. The number of methoxy groups -OCH3 is 2. The van der Waals surface area contributed by atoms with Gasteiger partial charge in [0.25, 0.3) is 0 Å². The quantitative estimate of drug-likeness (QED) is 0.662. The van der Waals surface area contributed by atoms with E-state index in [2.05, 4.69) is 11.4 Å². The summed E-state index contributed by atoms with van der Waals surface area (Å²) in [5.41, 5.74) is 0.864. The second-order valence-corrected chi connectivity index (χ2v) is 6.09. The second-order valence-electron chi connectivity index (χ2n) is 6.09. The topological polar surface area (TPSA) is 73.9 Å². The largest absolute Gasteiger partial charge is 0.497 e. The molecule has 1 saturated carbocycles. The van der Waals surface area contributed by atoms with Gasteiger partial charge in [0, 0.05) is 0 Å². The van der Waals surface area contributed by atoms with Gasteiger partial charge in [0.1, 0.15) is 12.4 Å². The highest BCUT2D eigenvalue weighted by Gasteiger charge is 2.49. The number of fused-ring (bicyclic) bond motifs is 2. The third-order valence-corrected chi connectivity index (χ3v) is 4.75. The van der Waals surface area contributed by atoms with Gasteiger partial charge in [-0.25, -0.2) is 4.79 Å².